The second kappa shape index (κ2) is 8.23. The second-order valence-electron chi connectivity index (χ2n) is 5.00. The summed E-state index contributed by atoms with van der Waals surface area (Å²) in [5.74, 6) is 1.97. The Bertz CT molecular complexity index is 366. The number of thioether (sulfide) groups is 1. The van der Waals surface area contributed by atoms with Gasteiger partial charge < -0.3 is 5.32 Å². The SMILES string of the molecule is CCNC(C)c1ccc(SCCC(C)C)c(Br)c1. The molecule has 102 valence electrons. The lowest BCUT2D eigenvalue weighted by Crippen LogP contribution is -2.17. The number of hydrogen-bond acceptors (Lipinski definition) is 2. The first kappa shape index (κ1) is 16.1. The minimum Gasteiger partial charge on any atom is -0.310 e. The van der Waals surface area contributed by atoms with Crippen molar-refractivity contribution in [3.63, 3.8) is 0 Å². The van der Waals surface area contributed by atoms with Crippen LogP contribution >= 0.6 is 27.7 Å². The van der Waals surface area contributed by atoms with Crippen LogP contribution in [-0.4, -0.2) is 12.3 Å². The number of halogens is 1. The summed E-state index contributed by atoms with van der Waals surface area (Å²) in [6.07, 6.45) is 1.27. The summed E-state index contributed by atoms with van der Waals surface area (Å²) in [6, 6.07) is 7.13. The van der Waals surface area contributed by atoms with Crippen LogP contribution < -0.4 is 5.32 Å². The first-order valence-electron chi connectivity index (χ1n) is 6.70. The molecule has 0 radical (unpaired) electrons. The number of nitrogens with one attached hydrogen (secondary N) is 1. The van der Waals surface area contributed by atoms with Crippen LogP contribution in [0.4, 0.5) is 0 Å². The van der Waals surface area contributed by atoms with Crippen LogP contribution in [0.25, 0.3) is 0 Å². The maximum Gasteiger partial charge on any atom is 0.0314 e. The molecule has 0 aliphatic rings. The first-order chi connectivity index (χ1) is 8.54. The van der Waals surface area contributed by atoms with E-state index in [9.17, 15) is 0 Å². The molecule has 0 aromatic heterocycles. The summed E-state index contributed by atoms with van der Waals surface area (Å²) in [6.45, 7) is 9.90. The topological polar surface area (TPSA) is 12.0 Å². The molecular formula is C15H24BrNS. The van der Waals surface area contributed by atoms with Crippen LogP contribution in [0.2, 0.25) is 0 Å². The van der Waals surface area contributed by atoms with Gasteiger partial charge in [-0.3, -0.25) is 0 Å². The van der Waals surface area contributed by atoms with Gasteiger partial charge in [-0.2, -0.15) is 0 Å². The third-order valence-corrected chi connectivity index (χ3v) is 4.94. The highest BCUT2D eigenvalue weighted by atomic mass is 79.9. The van der Waals surface area contributed by atoms with E-state index in [-0.39, 0.29) is 0 Å². The molecule has 0 amide bonds. The highest BCUT2D eigenvalue weighted by Gasteiger charge is 2.07. The van der Waals surface area contributed by atoms with Crippen molar-refractivity contribution in [2.45, 2.75) is 45.1 Å². The Hall–Kier alpha value is 0.01000. The van der Waals surface area contributed by atoms with Crippen molar-refractivity contribution >= 4 is 27.7 Å². The zero-order valence-electron chi connectivity index (χ0n) is 11.8. The molecule has 0 aliphatic carbocycles. The lowest BCUT2D eigenvalue weighted by molar-refractivity contribution is 0.597. The Balaban J connectivity index is 2.62. The van der Waals surface area contributed by atoms with Gasteiger partial charge in [0.15, 0.2) is 0 Å². The molecule has 0 heterocycles. The minimum absolute atomic E-state index is 0.418. The minimum atomic E-state index is 0.418. The Morgan fingerprint density at radius 3 is 2.56 bits per heavy atom. The van der Waals surface area contributed by atoms with Gasteiger partial charge in [-0.1, -0.05) is 26.8 Å². The normalized spacial score (nSPS) is 13.0. The van der Waals surface area contributed by atoms with E-state index >= 15 is 0 Å². The van der Waals surface area contributed by atoms with E-state index in [4.69, 9.17) is 0 Å². The fourth-order valence-corrected chi connectivity index (χ4v) is 3.64. The molecule has 3 heteroatoms. The summed E-state index contributed by atoms with van der Waals surface area (Å²) in [4.78, 5) is 1.35. The molecule has 1 atom stereocenters. The summed E-state index contributed by atoms with van der Waals surface area (Å²) >= 11 is 5.63. The maximum atomic E-state index is 3.69. The first-order valence-corrected chi connectivity index (χ1v) is 8.48. The molecule has 1 nitrogen and oxygen atoms in total. The summed E-state index contributed by atoms with van der Waals surface area (Å²) < 4.78 is 1.22. The monoisotopic (exact) mass is 329 g/mol. The molecule has 1 N–H and O–H groups in total. The third kappa shape index (κ3) is 5.33. The summed E-state index contributed by atoms with van der Waals surface area (Å²) in [5, 5.41) is 3.44. The molecule has 1 aromatic carbocycles. The van der Waals surface area contributed by atoms with E-state index in [2.05, 4.69) is 67.1 Å². The van der Waals surface area contributed by atoms with Crippen LogP contribution in [0.3, 0.4) is 0 Å². The molecule has 18 heavy (non-hydrogen) atoms. The van der Waals surface area contributed by atoms with Gasteiger partial charge in [-0.15, -0.1) is 11.8 Å². The predicted octanol–water partition coefficient (Wildman–Crippen LogP) is 5.26. The van der Waals surface area contributed by atoms with Crippen LogP contribution in [-0.2, 0) is 0 Å². The highest BCUT2D eigenvalue weighted by Crippen LogP contribution is 2.31. The molecule has 1 rings (SSSR count). The van der Waals surface area contributed by atoms with Gasteiger partial charge in [-0.25, -0.2) is 0 Å². The van der Waals surface area contributed by atoms with Crippen molar-refractivity contribution < 1.29 is 0 Å². The average Bonchev–Trinajstić information content (AvgIpc) is 2.31. The molecule has 0 aliphatic heterocycles. The Kier molecular flexibility index (Phi) is 7.35. The zero-order chi connectivity index (χ0) is 13.5. The zero-order valence-corrected chi connectivity index (χ0v) is 14.2. The van der Waals surface area contributed by atoms with Gasteiger partial charge in [0, 0.05) is 15.4 Å². The summed E-state index contributed by atoms with van der Waals surface area (Å²) in [5.41, 5.74) is 1.34. The van der Waals surface area contributed by atoms with Crippen molar-refractivity contribution in [1.29, 1.82) is 0 Å². The standard InChI is InChI=1S/C15H24BrNS/c1-5-17-12(4)13-6-7-15(14(16)10-13)18-9-8-11(2)3/h6-7,10-12,17H,5,8-9H2,1-4H3. The lowest BCUT2D eigenvalue weighted by Gasteiger charge is -2.14. The van der Waals surface area contributed by atoms with E-state index in [1.54, 1.807) is 0 Å². The van der Waals surface area contributed by atoms with Gasteiger partial charge in [-0.05, 0) is 65.2 Å². The Labute approximate surface area is 124 Å². The second-order valence-corrected chi connectivity index (χ2v) is 6.99. The molecule has 1 unspecified atom stereocenters. The van der Waals surface area contributed by atoms with Gasteiger partial charge in [0.05, 0.1) is 0 Å². The Morgan fingerprint density at radius 1 is 1.28 bits per heavy atom. The van der Waals surface area contributed by atoms with E-state index in [0.29, 0.717) is 6.04 Å². The number of hydrogen-bond donors (Lipinski definition) is 1. The van der Waals surface area contributed by atoms with E-state index in [0.717, 1.165) is 12.5 Å². The van der Waals surface area contributed by atoms with Gasteiger partial charge in [0.2, 0.25) is 0 Å². The van der Waals surface area contributed by atoms with Crippen molar-refractivity contribution in [2.75, 3.05) is 12.3 Å². The highest BCUT2D eigenvalue weighted by molar-refractivity contribution is 9.10. The largest absolute Gasteiger partial charge is 0.310 e. The third-order valence-electron chi connectivity index (χ3n) is 2.92. The molecule has 0 bridgehead atoms. The van der Waals surface area contributed by atoms with Crippen LogP contribution in [0, 0.1) is 5.92 Å². The van der Waals surface area contributed by atoms with Crippen molar-refractivity contribution in [2.24, 2.45) is 5.92 Å². The van der Waals surface area contributed by atoms with Gasteiger partial charge in [0.25, 0.3) is 0 Å². The van der Waals surface area contributed by atoms with Crippen molar-refractivity contribution in [3.8, 4) is 0 Å². The molecule has 0 fully saturated rings. The molecular weight excluding hydrogens is 306 g/mol. The van der Waals surface area contributed by atoms with E-state index in [1.165, 1.54) is 27.1 Å². The van der Waals surface area contributed by atoms with Crippen LogP contribution in [0.5, 0.6) is 0 Å². The quantitative estimate of drug-likeness (QED) is 0.685. The van der Waals surface area contributed by atoms with Crippen molar-refractivity contribution in [1.82, 2.24) is 5.32 Å². The fraction of sp³-hybridized carbons (Fsp3) is 0.600. The molecule has 1 aromatic rings. The Morgan fingerprint density at radius 2 is 2.00 bits per heavy atom. The smallest absolute Gasteiger partial charge is 0.0314 e. The fourth-order valence-electron chi connectivity index (χ4n) is 1.73. The van der Waals surface area contributed by atoms with Crippen molar-refractivity contribution in [3.05, 3.63) is 28.2 Å². The predicted molar refractivity (Wildman–Crippen MR) is 86.4 cm³/mol. The number of benzene rings is 1. The molecule has 0 saturated carbocycles. The van der Waals surface area contributed by atoms with Crippen LogP contribution in [0.1, 0.15) is 45.7 Å². The lowest BCUT2D eigenvalue weighted by atomic mass is 10.1. The van der Waals surface area contributed by atoms with Gasteiger partial charge in [0.1, 0.15) is 0 Å². The molecule has 0 saturated heterocycles. The van der Waals surface area contributed by atoms with E-state index < -0.39 is 0 Å². The van der Waals surface area contributed by atoms with Crippen LogP contribution in [0.15, 0.2) is 27.6 Å². The van der Waals surface area contributed by atoms with E-state index in [1.807, 2.05) is 11.8 Å². The molecule has 0 spiro atoms. The number of rotatable bonds is 7. The maximum absolute atomic E-state index is 3.69. The van der Waals surface area contributed by atoms with Gasteiger partial charge >= 0.3 is 0 Å². The summed E-state index contributed by atoms with van der Waals surface area (Å²) in [7, 11) is 0. The average molecular weight is 330 g/mol.